The van der Waals surface area contributed by atoms with Crippen molar-refractivity contribution in [2.75, 3.05) is 0 Å². The molecule has 2 nitrogen and oxygen atoms in total. The fourth-order valence-corrected chi connectivity index (χ4v) is 1.01. The van der Waals surface area contributed by atoms with Crippen LogP contribution in [0.5, 0.6) is 0 Å². The van der Waals surface area contributed by atoms with Crippen molar-refractivity contribution in [2.45, 2.75) is 6.92 Å². The van der Waals surface area contributed by atoms with Gasteiger partial charge in [-0.2, -0.15) is 0 Å². The van der Waals surface area contributed by atoms with Gasteiger partial charge in [-0.15, -0.1) is 0 Å². The third-order valence-corrected chi connectivity index (χ3v) is 1.64. The van der Waals surface area contributed by atoms with Crippen LogP contribution in [-0.4, -0.2) is 0 Å². The molecule has 0 amide bonds. The molecular weight excluding hydrogens is 162 g/mol. The van der Waals surface area contributed by atoms with E-state index in [9.17, 15) is 0 Å². The quantitative estimate of drug-likeness (QED) is 0.717. The topological polar surface area (TPSA) is 39.2 Å². The number of allylic oxidation sites excluding steroid dienone is 1. The second-order valence-corrected chi connectivity index (χ2v) is 2.88. The number of furan rings is 1. The van der Waals surface area contributed by atoms with Crippen LogP contribution in [0.3, 0.4) is 0 Å². The summed E-state index contributed by atoms with van der Waals surface area (Å²) < 4.78 is 5.15. The van der Waals surface area contributed by atoms with Crippen LogP contribution in [0.25, 0.3) is 6.08 Å². The van der Waals surface area contributed by atoms with Gasteiger partial charge in [0.15, 0.2) is 0 Å². The van der Waals surface area contributed by atoms with Gasteiger partial charge in [0.25, 0.3) is 0 Å². The van der Waals surface area contributed by atoms with Gasteiger partial charge in [0.1, 0.15) is 5.76 Å². The Morgan fingerprint density at radius 2 is 2.23 bits per heavy atom. The lowest BCUT2D eigenvalue weighted by Gasteiger charge is -2.04. The fraction of sp³-hybridized carbons (Fsp3) is 0.0909. The lowest BCUT2D eigenvalue weighted by Crippen LogP contribution is -1.99. The molecule has 2 heteroatoms. The molecule has 0 bridgehead atoms. The highest BCUT2D eigenvalue weighted by molar-refractivity contribution is 5.60. The molecule has 68 valence electrons. The van der Waals surface area contributed by atoms with E-state index >= 15 is 0 Å². The van der Waals surface area contributed by atoms with Crippen LogP contribution < -0.4 is 5.73 Å². The van der Waals surface area contributed by atoms with Gasteiger partial charge in [0.2, 0.25) is 0 Å². The van der Waals surface area contributed by atoms with E-state index in [0.717, 1.165) is 16.9 Å². The molecule has 1 rings (SSSR count). The van der Waals surface area contributed by atoms with Crippen molar-refractivity contribution in [3.8, 4) is 0 Å². The highest BCUT2D eigenvalue weighted by atomic mass is 16.3. The minimum atomic E-state index is 0.504. The normalized spacial score (nSPS) is 11.3. The first kappa shape index (κ1) is 9.39. The first-order valence-corrected chi connectivity index (χ1v) is 3.97. The SMILES string of the molecule is C=C(C)/C(=C\c1ccco1)C(=C)N. The Bertz CT molecular complexity index is 328. The van der Waals surface area contributed by atoms with E-state index in [-0.39, 0.29) is 0 Å². The van der Waals surface area contributed by atoms with Gasteiger partial charge in [-0.3, -0.25) is 0 Å². The summed E-state index contributed by atoms with van der Waals surface area (Å²) in [7, 11) is 0. The molecule has 1 heterocycles. The van der Waals surface area contributed by atoms with Crippen LogP contribution in [0.15, 0.2) is 52.8 Å². The first-order chi connectivity index (χ1) is 6.11. The second-order valence-electron chi connectivity index (χ2n) is 2.88. The van der Waals surface area contributed by atoms with Crippen LogP contribution in [0.4, 0.5) is 0 Å². The average molecular weight is 175 g/mol. The second kappa shape index (κ2) is 3.81. The molecule has 0 spiro atoms. The maximum atomic E-state index is 5.59. The maximum absolute atomic E-state index is 5.59. The van der Waals surface area contributed by atoms with Crippen LogP contribution in [0, 0.1) is 0 Å². The molecule has 0 fully saturated rings. The highest BCUT2D eigenvalue weighted by Crippen LogP contribution is 2.16. The lowest BCUT2D eigenvalue weighted by atomic mass is 10.1. The minimum Gasteiger partial charge on any atom is -0.465 e. The Morgan fingerprint density at radius 1 is 1.54 bits per heavy atom. The summed E-state index contributed by atoms with van der Waals surface area (Å²) in [5.74, 6) is 0.754. The molecule has 0 radical (unpaired) electrons. The van der Waals surface area contributed by atoms with Crippen molar-refractivity contribution < 1.29 is 4.42 Å². The van der Waals surface area contributed by atoms with Gasteiger partial charge in [0.05, 0.1) is 6.26 Å². The number of nitrogens with two attached hydrogens (primary N) is 1. The van der Waals surface area contributed by atoms with E-state index in [1.54, 1.807) is 6.26 Å². The van der Waals surface area contributed by atoms with Crippen LogP contribution in [0.2, 0.25) is 0 Å². The monoisotopic (exact) mass is 175 g/mol. The molecule has 0 saturated heterocycles. The van der Waals surface area contributed by atoms with Crippen LogP contribution >= 0.6 is 0 Å². The summed E-state index contributed by atoms with van der Waals surface area (Å²) in [6.45, 7) is 9.35. The Morgan fingerprint density at radius 3 is 2.62 bits per heavy atom. The summed E-state index contributed by atoms with van der Waals surface area (Å²) in [4.78, 5) is 0. The molecule has 0 aromatic carbocycles. The van der Waals surface area contributed by atoms with Crippen molar-refractivity contribution in [1.82, 2.24) is 0 Å². The highest BCUT2D eigenvalue weighted by Gasteiger charge is 2.00. The molecule has 0 atom stereocenters. The van der Waals surface area contributed by atoms with E-state index in [4.69, 9.17) is 10.2 Å². The van der Waals surface area contributed by atoms with Gasteiger partial charge < -0.3 is 10.2 Å². The zero-order valence-electron chi connectivity index (χ0n) is 7.71. The molecule has 0 aliphatic heterocycles. The molecule has 1 aromatic rings. The Labute approximate surface area is 78.1 Å². The molecule has 1 aromatic heterocycles. The molecule has 0 aliphatic rings. The third-order valence-electron chi connectivity index (χ3n) is 1.64. The Kier molecular flexibility index (Phi) is 2.75. The van der Waals surface area contributed by atoms with Crippen molar-refractivity contribution in [3.63, 3.8) is 0 Å². The van der Waals surface area contributed by atoms with Crippen LogP contribution in [-0.2, 0) is 0 Å². The lowest BCUT2D eigenvalue weighted by molar-refractivity contribution is 0.556. The summed E-state index contributed by atoms with van der Waals surface area (Å²) in [6, 6.07) is 3.67. The standard InChI is InChI=1S/C11H13NO/c1-8(2)11(9(3)12)7-10-5-4-6-13-10/h4-7H,1,3,12H2,2H3/b11-7+. The van der Waals surface area contributed by atoms with Gasteiger partial charge >= 0.3 is 0 Å². The van der Waals surface area contributed by atoms with E-state index < -0.39 is 0 Å². The van der Waals surface area contributed by atoms with Crippen molar-refractivity contribution in [2.24, 2.45) is 5.73 Å². The van der Waals surface area contributed by atoms with Gasteiger partial charge in [-0.05, 0) is 30.7 Å². The van der Waals surface area contributed by atoms with Gasteiger partial charge in [0, 0.05) is 11.3 Å². The maximum Gasteiger partial charge on any atom is 0.127 e. The summed E-state index contributed by atoms with van der Waals surface area (Å²) >= 11 is 0. The summed E-state index contributed by atoms with van der Waals surface area (Å²) in [5, 5.41) is 0. The zero-order chi connectivity index (χ0) is 9.84. The smallest absolute Gasteiger partial charge is 0.127 e. The molecule has 0 aliphatic carbocycles. The molecule has 0 saturated carbocycles. The third kappa shape index (κ3) is 2.37. The van der Waals surface area contributed by atoms with E-state index in [0.29, 0.717) is 5.70 Å². The summed E-state index contributed by atoms with van der Waals surface area (Å²) in [5.41, 5.74) is 7.80. The van der Waals surface area contributed by atoms with Gasteiger partial charge in [-0.25, -0.2) is 0 Å². The molecular formula is C11H13NO. The predicted octanol–water partition coefficient (Wildman–Crippen LogP) is 2.71. The Hall–Kier alpha value is -1.70. The zero-order valence-corrected chi connectivity index (χ0v) is 7.71. The average Bonchev–Trinajstić information content (AvgIpc) is 2.50. The van der Waals surface area contributed by atoms with Crippen LogP contribution in [0.1, 0.15) is 12.7 Å². The summed E-state index contributed by atoms with van der Waals surface area (Å²) in [6.07, 6.45) is 3.44. The van der Waals surface area contributed by atoms with E-state index in [1.165, 1.54) is 0 Å². The minimum absolute atomic E-state index is 0.504. The fourth-order valence-electron chi connectivity index (χ4n) is 1.01. The van der Waals surface area contributed by atoms with Crippen molar-refractivity contribution >= 4 is 6.08 Å². The van der Waals surface area contributed by atoms with E-state index in [2.05, 4.69) is 13.2 Å². The van der Waals surface area contributed by atoms with E-state index in [1.807, 2.05) is 25.1 Å². The first-order valence-electron chi connectivity index (χ1n) is 3.97. The van der Waals surface area contributed by atoms with Gasteiger partial charge in [-0.1, -0.05) is 13.2 Å². The largest absolute Gasteiger partial charge is 0.465 e. The Balaban J connectivity index is 3.01. The number of hydrogen-bond donors (Lipinski definition) is 1. The number of rotatable bonds is 3. The molecule has 13 heavy (non-hydrogen) atoms. The van der Waals surface area contributed by atoms with Crippen molar-refractivity contribution in [1.29, 1.82) is 0 Å². The molecule has 0 unspecified atom stereocenters. The number of hydrogen-bond acceptors (Lipinski definition) is 2. The van der Waals surface area contributed by atoms with Crippen molar-refractivity contribution in [3.05, 3.63) is 54.2 Å². The predicted molar refractivity (Wildman–Crippen MR) is 54.8 cm³/mol. The molecule has 2 N–H and O–H groups in total.